The van der Waals surface area contributed by atoms with Gasteiger partial charge in [0.15, 0.2) is 11.7 Å². The number of hydrogen-bond acceptors (Lipinski definition) is 5. The van der Waals surface area contributed by atoms with Gasteiger partial charge in [-0.05, 0) is 40.3 Å². The second-order valence-electron chi connectivity index (χ2n) is 4.06. The highest BCUT2D eigenvalue weighted by molar-refractivity contribution is 9.10. The van der Waals surface area contributed by atoms with E-state index >= 15 is 0 Å². The maximum Gasteiger partial charge on any atom is 0.194 e. The van der Waals surface area contributed by atoms with Crippen LogP contribution in [-0.4, -0.2) is 31.8 Å². The highest BCUT2D eigenvalue weighted by Gasteiger charge is 2.10. The van der Waals surface area contributed by atoms with Crippen LogP contribution in [-0.2, 0) is 11.2 Å². The van der Waals surface area contributed by atoms with E-state index in [1.165, 1.54) is 0 Å². The molecule has 0 saturated carbocycles. The summed E-state index contributed by atoms with van der Waals surface area (Å²) in [6, 6.07) is 2.02. The summed E-state index contributed by atoms with van der Waals surface area (Å²) >= 11 is 5.15. The summed E-state index contributed by atoms with van der Waals surface area (Å²) in [5, 5.41) is 5.33. The Kier molecular flexibility index (Phi) is 6.03. The molecule has 2 aromatic rings. The molecule has 4 nitrogen and oxygen atoms in total. The number of ether oxygens (including phenoxy) is 1. The second kappa shape index (κ2) is 7.79. The van der Waals surface area contributed by atoms with E-state index in [1.807, 2.05) is 11.4 Å². The molecule has 0 aliphatic heterocycles. The Balaban J connectivity index is 1.77. The summed E-state index contributed by atoms with van der Waals surface area (Å²) in [7, 11) is 1.71. The predicted molar refractivity (Wildman–Crippen MR) is 80.6 cm³/mol. The molecular formula is C13H17BrN2O2S. The maximum atomic E-state index is 5.75. The Bertz CT molecular complexity index is 498. The fourth-order valence-electron chi connectivity index (χ4n) is 1.66. The fourth-order valence-corrected chi connectivity index (χ4v) is 3.18. The van der Waals surface area contributed by atoms with E-state index in [9.17, 15) is 0 Å². The molecule has 0 unspecified atom stereocenters. The van der Waals surface area contributed by atoms with E-state index in [4.69, 9.17) is 9.15 Å². The molecule has 0 saturated heterocycles. The van der Waals surface area contributed by atoms with Crippen molar-refractivity contribution in [2.45, 2.75) is 12.8 Å². The van der Waals surface area contributed by atoms with Crippen LogP contribution in [0.3, 0.4) is 0 Å². The highest BCUT2D eigenvalue weighted by atomic mass is 79.9. The average molecular weight is 345 g/mol. The van der Waals surface area contributed by atoms with Crippen molar-refractivity contribution in [3.8, 4) is 10.6 Å². The first-order chi connectivity index (χ1) is 9.31. The lowest BCUT2D eigenvalue weighted by molar-refractivity contribution is 0.199. The van der Waals surface area contributed by atoms with E-state index in [0.717, 1.165) is 53.5 Å². The van der Waals surface area contributed by atoms with Crippen LogP contribution in [0.25, 0.3) is 10.6 Å². The van der Waals surface area contributed by atoms with Crippen molar-refractivity contribution in [2.24, 2.45) is 0 Å². The van der Waals surface area contributed by atoms with E-state index in [0.29, 0.717) is 0 Å². The number of rotatable bonds is 8. The first-order valence-corrected chi connectivity index (χ1v) is 7.86. The van der Waals surface area contributed by atoms with E-state index in [-0.39, 0.29) is 0 Å². The summed E-state index contributed by atoms with van der Waals surface area (Å²) in [5.74, 6) is 1.63. The third kappa shape index (κ3) is 4.42. The Morgan fingerprint density at radius 2 is 2.37 bits per heavy atom. The summed E-state index contributed by atoms with van der Waals surface area (Å²) < 4.78 is 11.8. The van der Waals surface area contributed by atoms with Crippen molar-refractivity contribution in [3.05, 3.63) is 28.0 Å². The average Bonchev–Trinajstić information content (AvgIpc) is 3.02. The lowest BCUT2D eigenvalue weighted by Gasteiger charge is -2.01. The molecule has 104 valence electrons. The third-order valence-electron chi connectivity index (χ3n) is 2.62. The molecule has 0 aromatic carbocycles. The van der Waals surface area contributed by atoms with Gasteiger partial charge < -0.3 is 14.5 Å². The van der Waals surface area contributed by atoms with Gasteiger partial charge in [0.2, 0.25) is 0 Å². The van der Waals surface area contributed by atoms with E-state index in [2.05, 4.69) is 26.2 Å². The number of nitrogens with zero attached hydrogens (tertiary/aromatic N) is 1. The number of halogens is 1. The van der Waals surface area contributed by atoms with Crippen molar-refractivity contribution in [2.75, 3.05) is 26.8 Å². The van der Waals surface area contributed by atoms with Gasteiger partial charge in [-0.3, -0.25) is 0 Å². The molecular weight excluding hydrogens is 328 g/mol. The van der Waals surface area contributed by atoms with Crippen LogP contribution in [0, 0.1) is 0 Å². The minimum absolute atomic E-state index is 0.746. The van der Waals surface area contributed by atoms with Crippen molar-refractivity contribution >= 4 is 27.3 Å². The van der Waals surface area contributed by atoms with Gasteiger partial charge in [-0.25, -0.2) is 4.98 Å². The van der Waals surface area contributed by atoms with Crippen molar-refractivity contribution in [1.29, 1.82) is 0 Å². The van der Waals surface area contributed by atoms with Gasteiger partial charge in [0, 0.05) is 24.5 Å². The number of methoxy groups -OCH3 is 1. The Labute approximate surface area is 125 Å². The van der Waals surface area contributed by atoms with Gasteiger partial charge in [-0.1, -0.05) is 0 Å². The molecule has 0 spiro atoms. The molecule has 2 rings (SSSR count). The topological polar surface area (TPSA) is 47.3 Å². The summed E-state index contributed by atoms with van der Waals surface area (Å²) in [4.78, 5) is 5.41. The monoisotopic (exact) mass is 344 g/mol. The highest BCUT2D eigenvalue weighted by Crippen LogP contribution is 2.33. The smallest absolute Gasteiger partial charge is 0.194 e. The number of thiophene rings is 1. The number of aromatic nitrogens is 1. The number of hydrogen-bond donors (Lipinski definition) is 1. The zero-order chi connectivity index (χ0) is 13.5. The zero-order valence-electron chi connectivity index (χ0n) is 10.8. The van der Waals surface area contributed by atoms with Gasteiger partial charge in [-0.15, -0.1) is 11.3 Å². The van der Waals surface area contributed by atoms with Gasteiger partial charge in [0.25, 0.3) is 0 Å². The lowest BCUT2D eigenvalue weighted by Crippen LogP contribution is -2.20. The van der Waals surface area contributed by atoms with Crippen LogP contribution in [0.1, 0.15) is 12.3 Å². The van der Waals surface area contributed by atoms with Gasteiger partial charge >= 0.3 is 0 Å². The predicted octanol–water partition coefficient (Wildman–Crippen LogP) is 3.33. The minimum Gasteiger partial charge on any atom is -0.440 e. The van der Waals surface area contributed by atoms with Gasteiger partial charge in [-0.2, -0.15) is 0 Å². The quantitative estimate of drug-likeness (QED) is 0.746. The molecule has 0 aliphatic rings. The Morgan fingerprint density at radius 1 is 1.47 bits per heavy atom. The molecule has 0 bridgehead atoms. The van der Waals surface area contributed by atoms with Crippen molar-refractivity contribution in [3.63, 3.8) is 0 Å². The number of oxazole rings is 1. The second-order valence-corrected chi connectivity index (χ2v) is 5.83. The molecule has 0 aliphatic carbocycles. The van der Waals surface area contributed by atoms with Crippen molar-refractivity contribution < 1.29 is 9.15 Å². The first kappa shape index (κ1) is 14.7. The van der Waals surface area contributed by atoms with Gasteiger partial charge in [0.05, 0.1) is 17.7 Å². The third-order valence-corrected chi connectivity index (χ3v) is 4.47. The molecule has 0 radical (unpaired) electrons. The van der Waals surface area contributed by atoms with E-state index < -0.39 is 0 Å². The summed E-state index contributed by atoms with van der Waals surface area (Å²) in [6.07, 6.45) is 3.66. The molecule has 0 fully saturated rings. The normalized spacial score (nSPS) is 11.1. The van der Waals surface area contributed by atoms with Crippen LogP contribution < -0.4 is 5.32 Å². The molecule has 19 heavy (non-hydrogen) atoms. The largest absolute Gasteiger partial charge is 0.440 e. The van der Waals surface area contributed by atoms with E-state index in [1.54, 1.807) is 24.6 Å². The molecule has 2 heterocycles. The van der Waals surface area contributed by atoms with Crippen LogP contribution in [0.5, 0.6) is 0 Å². The van der Waals surface area contributed by atoms with Crippen LogP contribution in [0.2, 0.25) is 0 Å². The lowest BCUT2D eigenvalue weighted by atomic mass is 10.3. The Morgan fingerprint density at radius 3 is 3.11 bits per heavy atom. The van der Waals surface area contributed by atoms with Crippen LogP contribution in [0.4, 0.5) is 0 Å². The molecule has 6 heteroatoms. The minimum atomic E-state index is 0.746. The number of nitrogens with one attached hydrogen (secondary N) is 1. The molecule has 1 N–H and O–H groups in total. The van der Waals surface area contributed by atoms with Crippen LogP contribution in [0.15, 0.2) is 26.5 Å². The van der Waals surface area contributed by atoms with Crippen molar-refractivity contribution in [1.82, 2.24) is 10.3 Å². The van der Waals surface area contributed by atoms with Crippen LogP contribution >= 0.6 is 27.3 Å². The molecule has 0 amide bonds. The first-order valence-electron chi connectivity index (χ1n) is 6.19. The fraction of sp³-hybridized carbons (Fsp3) is 0.462. The maximum absolute atomic E-state index is 5.75. The number of aryl methyl sites for hydroxylation is 1. The summed E-state index contributed by atoms with van der Waals surface area (Å²) in [6.45, 7) is 2.58. The molecule has 2 aromatic heterocycles. The standard InChI is InChI=1S/C13H17BrN2O2S/c1-17-7-6-15-5-2-3-12-16-9-11(18-12)13-10(14)4-8-19-13/h4,8-9,15H,2-3,5-7H2,1H3. The zero-order valence-corrected chi connectivity index (χ0v) is 13.2. The Hall–Kier alpha value is -0.690. The summed E-state index contributed by atoms with van der Waals surface area (Å²) in [5.41, 5.74) is 0. The molecule has 0 atom stereocenters. The SMILES string of the molecule is COCCNCCCc1ncc(-c2sccc2Br)o1. The van der Waals surface area contributed by atoms with Gasteiger partial charge in [0.1, 0.15) is 0 Å².